The van der Waals surface area contributed by atoms with E-state index in [1.165, 1.54) is 6.21 Å². The molecule has 158 valence electrons. The summed E-state index contributed by atoms with van der Waals surface area (Å²) in [5, 5.41) is 5.88. The molecule has 0 fully saturated rings. The molecule has 4 aromatic rings. The molecule has 0 heterocycles. The fourth-order valence-electron chi connectivity index (χ4n) is 3.20. The third-order valence-corrected chi connectivity index (χ3v) is 4.81. The van der Waals surface area contributed by atoms with Crippen molar-refractivity contribution in [3.63, 3.8) is 0 Å². The first-order valence-corrected chi connectivity index (χ1v) is 9.91. The maximum Gasteiger partial charge on any atom is 0.343 e. The standard InChI is InChI=1S/C26H20N2O4/c1-31-21-14-12-20(13-15-21)26(30)32-22-9-4-6-18(16-22)17-27-28-25(29)24-11-5-8-19-7-2-3-10-23(19)24/h2-17H,1H3,(H,28,29)/b27-17+. The third kappa shape index (κ3) is 4.82. The molecule has 0 saturated carbocycles. The lowest BCUT2D eigenvalue weighted by Gasteiger charge is -2.06. The number of benzene rings is 4. The Morgan fingerprint density at radius 2 is 1.59 bits per heavy atom. The highest BCUT2D eigenvalue weighted by molar-refractivity contribution is 6.07. The lowest BCUT2D eigenvalue weighted by molar-refractivity contribution is 0.0734. The summed E-state index contributed by atoms with van der Waals surface area (Å²) >= 11 is 0. The first-order chi connectivity index (χ1) is 15.6. The molecule has 0 aromatic heterocycles. The van der Waals surface area contributed by atoms with Crippen molar-refractivity contribution >= 4 is 28.9 Å². The van der Waals surface area contributed by atoms with E-state index in [1.807, 2.05) is 36.4 Å². The Labute approximate surface area is 185 Å². The van der Waals surface area contributed by atoms with Crippen molar-refractivity contribution in [2.24, 2.45) is 5.10 Å². The predicted octanol–water partition coefficient (Wildman–Crippen LogP) is 4.83. The van der Waals surface area contributed by atoms with Gasteiger partial charge >= 0.3 is 5.97 Å². The van der Waals surface area contributed by atoms with E-state index in [1.54, 1.807) is 61.7 Å². The van der Waals surface area contributed by atoms with Gasteiger partial charge in [-0.2, -0.15) is 5.10 Å². The number of methoxy groups -OCH3 is 1. The van der Waals surface area contributed by atoms with Crippen LogP contribution in [0.2, 0.25) is 0 Å². The zero-order chi connectivity index (χ0) is 22.3. The van der Waals surface area contributed by atoms with E-state index in [2.05, 4.69) is 10.5 Å². The van der Waals surface area contributed by atoms with Gasteiger partial charge in [-0.1, -0.05) is 48.5 Å². The molecule has 6 heteroatoms. The Hall–Kier alpha value is -4.45. The summed E-state index contributed by atoms with van der Waals surface area (Å²) in [4.78, 5) is 24.9. The molecule has 0 unspecified atom stereocenters. The molecule has 32 heavy (non-hydrogen) atoms. The van der Waals surface area contributed by atoms with Gasteiger partial charge in [-0.25, -0.2) is 10.2 Å². The molecule has 4 rings (SSSR count). The van der Waals surface area contributed by atoms with Crippen LogP contribution in [0.5, 0.6) is 11.5 Å². The summed E-state index contributed by atoms with van der Waals surface area (Å²) in [6, 6.07) is 26.7. The summed E-state index contributed by atoms with van der Waals surface area (Å²) < 4.78 is 10.5. The largest absolute Gasteiger partial charge is 0.497 e. The van der Waals surface area contributed by atoms with Gasteiger partial charge in [0.2, 0.25) is 0 Å². The number of esters is 1. The van der Waals surface area contributed by atoms with Crippen molar-refractivity contribution in [2.45, 2.75) is 0 Å². The van der Waals surface area contributed by atoms with Crippen molar-refractivity contribution in [3.8, 4) is 11.5 Å². The number of hydrogen-bond donors (Lipinski definition) is 1. The van der Waals surface area contributed by atoms with Crippen LogP contribution in [0, 0.1) is 0 Å². The number of carbonyl (C=O) groups excluding carboxylic acids is 2. The molecule has 0 atom stereocenters. The number of nitrogens with one attached hydrogen (secondary N) is 1. The maximum absolute atomic E-state index is 12.6. The van der Waals surface area contributed by atoms with E-state index in [0.29, 0.717) is 28.2 Å². The normalized spacial score (nSPS) is 10.8. The Kier molecular flexibility index (Phi) is 6.22. The van der Waals surface area contributed by atoms with Gasteiger partial charge < -0.3 is 9.47 Å². The van der Waals surface area contributed by atoms with E-state index in [4.69, 9.17) is 9.47 Å². The van der Waals surface area contributed by atoms with Crippen LogP contribution in [0.4, 0.5) is 0 Å². The molecule has 0 saturated heterocycles. The lowest BCUT2D eigenvalue weighted by atomic mass is 10.0. The molecule has 0 aliphatic heterocycles. The van der Waals surface area contributed by atoms with Gasteiger partial charge in [-0.15, -0.1) is 0 Å². The van der Waals surface area contributed by atoms with Crippen LogP contribution in [-0.4, -0.2) is 25.2 Å². The number of nitrogens with zero attached hydrogens (tertiary/aromatic N) is 1. The average Bonchev–Trinajstić information content (AvgIpc) is 2.84. The molecule has 0 spiro atoms. The second-order valence-electron chi connectivity index (χ2n) is 6.92. The zero-order valence-corrected chi connectivity index (χ0v) is 17.3. The SMILES string of the molecule is COc1ccc(C(=O)Oc2cccc(/C=N/NC(=O)c3cccc4ccccc34)c2)cc1. The number of carbonyl (C=O) groups is 2. The van der Waals surface area contributed by atoms with Crippen LogP contribution in [0.15, 0.2) is 96.1 Å². The Balaban J connectivity index is 1.42. The highest BCUT2D eigenvalue weighted by atomic mass is 16.5. The lowest BCUT2D eigenvalue weighted by Crippen LogP contribution is -2.17. The van der Waals surface area contributed by atoms with Crippen LogP contribution in [0.3, 0.4) is 0 Å². The molecule has 1 amide bonds. The van der Waals surface area contributed by atoms with Gasteiger partial charge in [0.05, 0.1) is 18.9 Å². The summed E-state index contributed by atoms with van der Waals surface area (Å²) in [5.74, 6) is 0.242. The van der Waals surface area contributed by atoms with Gasteiger partial charge in [0.1, 0.15) is 11.5 Å². The number of fused-ring (bicyclic) bond motifs is 1. The van der Waals surface area contributed by atoms with Gasteiger partial charge in [-0.3, -0.25) is 4.79 Å². The van der Waals surface area contributed by atoms with E-state index in [0.717, 1.165) is 10.8 Å². The predicted molar refractivity (Wildman–Crippen MR) is 123 cm³/mol. The monoisotopic (exact) mass is 424 g/mol. The Bertz CT molecular complexity index is 1290. The van der Waals surface area contributed by atoms with Crippen molar-refractivity contribution in [3.05, 3.63) is 108 Å². The van der Waals surface area contributed by atoms with Crippen LogP contribution in [-0.2, 0) is 0 Å². The topological polar surface area (TPSA) is 77.0 Å². The molecular weight excluding hydrogens is 404 g/mol. The quantitative estimate of drug-likeness (QED) is 0.208. The van der Waals surface area contributed by atoms with Gasteiger partial charge in [-0.05, 0) is 58.8 Å². The summed E-state index contributed by atoms with van der Waals surface area (Å²) in [7, 11) is 1.56. The summed E-state index contributed by atoms with van der Waals surface area (Å²) in [6.45, 7) is 0. The van der Waals surface area contributed by atoms with Gasteiger partial charge in [0.15, 0.2) is 0 Å². The average molecular weight is 424 g/mol. The second kappa shape index (κ2) is 9.57. The van der Waals surface area contributed by atoms with E-state index in [9.17, 15) is 9.59 Å². The first kappa shape index (κ1) is 20.8. The van der Waals surface area contributed by atoms with Gasteiger partial charge in [0.25, 0.3) is 5.91 Å². The van der Waals surface area contributed by atoms with Crippen molar-refractivity contribution in [1.29, 1.82) is 0 Å². The smallest absolute Gasteiger partial charge is 0.343 e. The minimum atomic E-state index is -0.481. The summed E-state index contributed by atoms with van der Waals surface area (Å²) in [6.07, 6.45) is 1.49. The molecule has 4 aromatic carbocycles. The third-order valence-electron chi connectivity index (χ3n) is 4.81. The van der Waals surface area contributed by atoms with Crippen molar-refractivity contribution in [1.82, 2.24) is 5.43 Å². The fourth-order valence-corrected chi connectivity index (χ4v) is 3.20. The number of ether oxygens (including phenoxy) is 2. The molecule has 6 nitrogen and oxygen atoms in total. The second-order valence-corrected chi connectivity index (χ2v) is 6.92. The maximum atomic E-state index is 12.6. The van der Waals surface area contributed by atoms with Gasteiger partial charge in [0, 0.05) is 5.56 Å². The molecular formula is C26H20N2O4. The minimum absolute atomic E-state index is 0.305. The fraction of sp³-hybridized carbons (Fsp3) is 0.0385. The van der Waals surface area contributed by atoms with Crippen molar-refractivity contribution < 1.29 is 19.1 Å². The van der Waals surface area contributed by atoms with Crippen molar-refractivity contribution in [2.75, 3.05) is 7.11 Å². The molecule has 0 radical (unpaired) electrons. The zero-order valence-electron chi connectivity index (χ0n) is 17.3. The van der Waals surface area contributed by atoms with Crippen LogP contribution >= 0.6 is 0 Å². The number of amides is 1. The van der Waals surface area contributed by atoms with Crippen LogP contribution in [0.25, 0.3) is 10.8 Å². The highest BCUT2D eigenvalue weighted by Crippen LogP contribution is 2.19. The molecule has 0 aliphatic rings. The highest BCUT2D eigenvalue weighted by Gasteiger charge is 2.10. The van der Waals surface area contributed by atoms with E-state index in [-0.39, 0.29) is 5.91 Å². The number of rotatable bonds is 6. The van der Waals surface area contributed by atoms with E-state index < -0.39 is 5.97 Å². The summed E-state index contributed by atoms with van der Waals surface area (Å²) in [5.41, 5.74) is 4.17. The van der Waals surface area contributed by atoms with Crippen LogP contribution in [0.1, 0.15) is 26.3 Å². The van der Waals surface area contributed by atoms with E-state index >= 15 is 0 Å². The Morgan fingerprint density at radius 1 is 0.844 bits per heavy atom. The van der Waals surface area contributed by atoms with Crippen LogP contribution < -0.4 is 14.9 Å². The number of hydrazone groups is 1. The molecule has 0 bridgehead atoms. The Morgan fingerprint density at radius 3 is 2.41 bits per heavy atom. The molecule has 0 aliphatic carbocycles. The number of hydrogen-bond acceptors (Lipinski definition) is 5. The molecule has 1 N–H and O–H groups in total. The minimum Gasteiger partial charge on any atom is -0.497 e. The first-order valence-electron chi connectivity index (χ1n) is 9.91.